The van der Waals surface area contributed by atoms with Crippen molar-refractivity contribution in [3.63, 3.8) is 0 Å². The monoisotopic (exact) mass is 395 g/mol. The molecule has 0 aliphatic carbocycles. The van der Waals surface area contributed by atoms with Gasteiger partial charge in [0.05, 0.1) is 48.2 Å². The molecule has 28 heavy (non-hydrogen) atoms. The van der Waals surface area contributed by atoms with E-state index in [4.69, 9.17) is 0 Å². The number of benzene rings is 2. The molecule has 1 aliphatic rings. The van der Waals surface area contributed by atoms with E-state index in [1.165, 1.54) is 5.56 Å². The molecule has 3 aromatic rings. The molecule has 2 aromatic carbocycles. The lowest BCUT2D eigenvalue weighted by molar-refractivity contribution is -0.917. The third kappa shape index (κ3) is 4.56. The van der Waals surface area contributed by atoms with Crippen molar-refractivity contribution in [2.45, 2.75) is 18.7 Å². The number of aromatic amines is 1. The van der Waals surface area contributed by atoms with Gasteiger partial charge in [-0.3, -0.25) is 4.79 Å². The van der Waals surface area contributed by atoms with Gasteiger partial charge in [-0.25, -0.2) is 4.98 Å². The second-order valence-corrected chi connectivity index (χ2v) is 8.71. The maximum absolute atomic E-state index is 12.6. The van der Waals surface area contributed by atoms with Crippen molar-refractivity contribution in [2.75, 3.05) is 31.9 Å². The van der Waals surface area contributed by atoms with Crippen molar-refractivity contribution in [1.82, 2.24) is 14.9 Å². The molecule has 146 valence electrons. The zero-order valence-electron chi connectivity index (χ0n) is 16.2. The Morgan fingerprint density at radius 3 is 2.61 bits per heavy atom. The predicted octanol–water partition coefficient (Wildman–Crippen LogP) is 2.28. The number of quaternary nitrogens is 1. The number of thioether (sulfide) groups is 1. The lowest BCUT2D eigenvalue weighted by Crippen LogP contribution is -3.13. The van der Waals surface area contributed by atoms with Gasteiger partial charge in [0, 0.05) is 5.56 Å². The van der Waals surface area contributed by atoms with E-state index in [2.05, 4.69) is 47.2 Å². The number of hydrogen-bond acceptors (Lipinski definition) is 3. The van der Waals surface area contributed by atoms with E-state index in [9.17, 15) is 4.79 Å². The number of H-pyrrole nitrogens is 1. The van der Waals surface area contributed by atoms with Gasteiger partial charge >= 0.3 is 0 Å². The molecule has 0 saturated carbocycles. The molecular formula is C22H27N4OS+. The van der Waals surface area contributed by atoms with Gasteiger partial charge in [0.1, 0.15) is 12.4 Å². The SMILES string of the molecule is C[C@H](SCC(=O)N1CC[NH+](Cc2ccccc2)CC1)c1nc2ccccc2[nH]1. The van der Waals surface area contributed by atoms with E-state index >= 15 is 0 Å². The number of aromatic nitrogens is 2. The van der Waals surface area contributed by atoms with Crippen LogP contribution in [0, 0.1) is 0 Å². The van der Waals surface area contributed by atoms with Crippen LogP contribution in [0.3, 0.4) is 0 Å². The minimum Gasteiger partial charge on any atom is -0.341 e. The molecule has 0 radical (unpaired) electrons. The van der Waals surface area contributed by atoms with Crippen LogP contribution in [-0.4, -0.2) is 52.7 Å². The van der Waals surface area contributed by atoms with Crippen molar-refractivity contribution >= 4 is 28.7 Å². The molecule has 1 amide bonds. The standard InChI is InChI=1S/C22H26N4OS/c1-17(22-23-19-9-5-6-10-20(19)24-22)28-16-21(27)26-13-11-25(12-14-26)15-18-7-3-2-4-8-18/h2-10,17H,11-16H2,1H3,(H,23,24)/p+1/t17-/m0/s1. The smallest absolute Gasteiger partial charge is 0.233 e. The highest BCUT2D eigenvalue weighted by Crippen LogP contribution is 2.27. The second-order valence-electron chi connectivity index (χ2n) is 7.39. The summed E-state index contributed by atoms with van der Waals surface area (Å²) in [5.74, 6) is 1.69. The van der Waals surface area contributed by atoms with Gasteiger partial charge in [0.25, 0.3) is 0 Å². The largest absolute Gasteiger partial charge is 0.341 e. The number of nitrogens with one attached hydrogen (secondary N) is 2. The number of amides is 1. The first kappa shape index (κ1) is 19.0. The van der Waals surface area contributed by atoms with E-state index in [1.807, 2.05) is 29.2 Å². The summed E-state index contributed by atoms with van der Waals surface area (Å²) >= 11 is 1.66. The van der Waals surface area contributed by atoms with Gasteiger partial charge in [-0.15, -0.1) is 11.8 Å². The molecule has 1 saturated heterocycles. The number of fused-ring (bicyclic) bond motifs is 1. The summed E-state index contributed by atoms with van der Waals surface area (Å²) in [6.45, 7) is 6.88. The minimum atomic E-state index is 0.168. The quantitative estimate of drug-likeness (QED) is 0.673. The van der Waals surface area contributed by atoms with E-state index in [0.717, 1.165) is 49.6 Å². The highest BCUT2D eigenvalue weighted by molar-refractivity contribution is 8.00. The molecule has 1 fully saturated rings. The summed E-state index contributed by atoms with van der Waals surface area (Å²) in [5.41, 5.74) is 3.40. The molecule has 6 heteroatoms. The number of piperazine rings is 1. The van der Waals surface area contributed by atoms with E-state index in [-0.39, 0.29) is 11.2 Å². The number of hydrogen-bond donors (Lipinski definition) is 2. The van der Waals surface area contributed by atoms with Crippen molar-refractivity contribution in [1.29, 1.82) is 0 Å². The summed E-state index contributed by atoms with van der Waals surface area (Å²) < 4.78 is 0. The molecule has 0 bridgehead atoms. The maximum atomic E-state index is 12.6. The average Bonchev–Trinajstić information content (AvgIpc) is 3.17. The fourth-order valence-corrected chi connectivity index (χ4v) is 4.51. The van der Waals surface area contributed by atoms with Gasteiger partial charge in [-0.2, -0.15) is 0 Å². The van der Waals surface area contributed by atoms with Gasteiger partial charge in [0.2, 0.25) is 5.91 Å². The van der Waals surface area contributed by atoms with E-state index < -0.39 is 0 Å². The Kier molecular flexibility index (Phi) is 5.98. The number of carbonyl (C=O) groups excluding carboxylic acids is 1. The Labute approximate surface area is 170 Å². The number of rotatable bonds is 6. The van der Waals surface area contributed by atoms with Gasteiger partial charge in [-0.1, -0.05) is 42.5 Å². The van der Waals surface area contributed by atoms with Crippen LogP contribution in [0.5, 0.6) is 0 Å². The van der Waals surface area contributed by atoms with Crippen molar-refractivity contribution in [3.8, 4) is 0 Å². The van der Waals surface area contributed by atoms with Gasteiger partial charge in [-0.05, 0) is 19.1 Å². The summed E-state index contributed by atoms with van der Waals surface area (Å²) in [4.78, 5) is 24.2. The Balaban J connectivity index is 1.24. The Bertz CT molecular complexity index is 885. The van der Waals surface area contributed by atoms with Crippen LogP contribution in [-0.2, 0) is 11.3 Å². The number of para-hydroxylation sites is 2. The lowest BCUT2D eigenvalue weighted by atomic mass is 10.2. The van der Waals surface area contributed by atoms with Crippen molar-refractivity contribution in [2.24, 2.45) is 0 Å². The highest BCUT2D eigenvalue weighted by atomic mass is 32.2. The van der Waals surface area contributed by atoms with Gasteiger partial charge < -0.3 is 14.8 Å². The third-order valence-corrected chi connectivity index (χ3v) is 6.51. The van der Waals surface area contributed by atoms with Crippen LogP contribution in [0.25, 0.3) is 11.0 Å². The molecular weight excluding hydrogens is 368 g/mol. The normalized spacial score (nSPS) is 16.4. The van der Waals surface area contributed by atoms with Crippen molar-refractivity contribution < 1.29 is 9.69 Å². The maximum Gasteiger partial charge on any atom is 0.233 e. The zero-order valence-corrected chi connectivity index (χ0v) is 17.0. The molecule has 1 aliphatic heterocycles. The topological polar surface area (TPSA) is 53.4 Å². The molecule has 1 atom stereocenters. The average molecular weight is 396 g/mol. The molecule has 4 rings (SSSR count). The van der Waals surface area contributed by atoms with Crippen LogP contribution >= 0.6 is 11.8 Å². The fourth-order valence-electron chi connectivity index (χ4n) is 3.67. The minimum absolute atomic E-state index is 0.168. The fraction of sp³-hybridized carbons (Fsp3) is 0.364. The number of imidazole rings is 1. The summed E-state index contributed by atoms with van der Waals surface area (Å²) in [5, 5.41) is 0.168. The van der Waals surface area contributed by atoms with Gasteiger partial charge in [0.15, 0.2) is 0 Å². The summed E-state index contributed by atoms with van der Waals surface area (Å²) in [6.07, 6.45) is 0. The van der Waals surface area contributed by atoms with Crippen LogP contribution in [0.4, 0.5) is 0 Å². The first-order valence-electron chi connectivity index (χ1n) is 9.90. The molecule has 2 N–H and O–H groups in total. The van der Waals surface area contributed by atoms with E-state index in [1.54, 1.807) is 16.7 Å². The molecule has 0 spiro atoms. The summed E-state index contributed by atoms with van der Waals surface area (Å²) in [6, 6.07) is 18.6. The second kappa shape index (κ2) is 8.80. The highest BCUT2D eigenvalue weighted by Gasteiger charge is 2.24. The molecule has 5 nitrogen and oxygen atoms in total. The van der Waals surface area contributed by atoms with Crippen LogP contribution < -0.4 is 4.90 Å². The van der Waals surface area contributed by atoms with E-state index in [0.29, 0.717) is 5.75 Å². The predicted molar refractivity (Wildman–Crippen MR) is 114 cm³/mol. The number of nitrogens with zero attached hydrogens (tertiary/aromatic N) is 2. The Hall–Kier alpha value is -2.31. The first-order valence-corrected chi connectivity index (χ1v) is 11.0. The van der Waals surface area contributed by atoms with Crippen LogP contribution in [0.2, 0.25) is 0 Å². The summed E-state index contributed by atoms with van der Waals surface area (Å²) in [7, 11) is 0. The molecule has 0 unspecified atom stereocenters. The molecule has 2 heterocycles. The third-order valence-electron chi connectivity index (χ3n) is 5.37. The zero-order chi connectivity index (χ0) is 19.3. The van der Waals surface area contributed by atoms with Crippen LogP contribution in [0.1, 0.15) is 23.6 Å². The molecule has 1 aromatic heterocycles. The number of carbonyl (C=O) groups is 1. The lowest BCUT2D eigenvalue weighted by Gasteiger charge is -2.32. The van der Waals surface area contributed by atoms with Crippen molar-refractivity contribution in [3.05, 3.63) is 66.0 Å². The Morgan fingerprint density at radius 1 is 1.14 bits per heavy atom. The first-order chi connectivity index (χ1) is 13.7. The Morgan fingerprint density at radius 2 is 1.86 bits per heavy atom. The van der Waals surface area contributed by atoms with Crippen LogP contribution in [0.15, 0.2) is 54.6 Å².